The van der Waals surface area contributed by atoms with E-state index in [0.29, 0.717) is 0 Å². The minimum absolute atomic E-state index is 1.14. The summed E-state index contributed by atoms with van der Waals surface area (Å²) in [5.41, 5.74) is 8.91. The van der Waals surface area contributed by atoms with Crippen LogP contribution in [0.25, 0.3) is 0 Å². The molecular weight excluding hydrogens is 188 g/mol. The van der Waals surface area contributed by atoms with Gasteiger partial charge in [0.05, 0.1) is 0 Å². The van der Waals surface area contributed by atoms with Gasteiger partial charge in [-0.05, 0) is 74.3 Å². The standard InChI is InChI=1S/C13H20S/c1-8-9(2)11(4)13(7-14-6)12(5)10(8)3/h7H2,1-6H3. The number of rotatable bonds is 2. The van der Waals surface area contributed by atoms with E-state index in [4.69, 9.17) is 0 Å². The summed E-state index contributed by atoms with van der Waals surface area (Å²) in [7, 11) is 0. The highest BCUT2D eigenvalue weighted by Crippen LogP contribution is 2.28. The summed E-state index contributed by atoms with van der Waals surface area (Å²) in [5, 5.41) is 0. The summed E-state index contributed by atoms with van der Waals surface area (Å²) in [6.45, 7) is 11.2. The van der Waals surface area contributed by atoms with E-state index in [1.54, 1.807) is 0 Å². The van der Waals surface area contributed by atoms with E-state index in [-0.39, 0.29) is 0 Å². The van der Waals surface area contributed by atoms with Gasteiger partial charge in [-0.1, -0.05) is 0 Å². The average Bonchev–Trinajstić information content (AvgIpc) is 2.19. The summed E-state index contributed by atoms with van der Waals surface area (Å²) >= 11 is 1.91. The van der Waals surface area contributed by atoms with Crippen LogP contribution in [0.15, 0.2) is 0 Å². The first-order chi connectivity index (χ1) is 6.50. The van der Waals surface area contributed by atoms with Crippen molar-refractivity contribution in [1.82, 2.24) is 0 Å². The second-order valence-electron chi connectivity index (χ2n) is 4.04. The molecule has 0 atom stereocenters. The lowest BCUT2D eigenvalue weighted by Crippen LogP contribution is -2.01. The van der Waals surface area contributed by atoms with Crippen molar-refractivity contribution < 1.29 is 0 Å². The van der Waals surface area contributed by atoms with Gasteiger partial charge in [-0.25, -0.2) is 0 Å². The van der Waals surface area contributed by atoms with Gasteiger partial charge in [-0.3, -0.25) is 0 Å². The van der Waals surface area contributed by atoms with Crippen LogP contribution in [-0.2, 0) is 5.75 Å². The highest BCUT2D eigenvalue weighted by molar-refractivity contribution is 7.97. The van der Waals surface area contributed by atoms with Gasteiger partial charge in [0, 0.05) is 5.75 Å². The van der Waals surface area contributed by atoms with Crippen LogP contribution in [0.3, 0.4) is 0 Å². The molecule has 1 heteroatoms. The molecule has 0 bridgehead atoms. The summed E-state index contributed by atoms with van der Waals surface area (Å²) in [5.74, 6) is 1.14. The average molecular weight is 208 g/mol. The first kappa shape index (κ1) is 11.6. The zero-order valence-electron chi connectivity index (χ0n) is 10.1. The first-order valence-electron chi connectivity index (χ1n) is 5.05. The Morgan fingerprint density at radius 2 is 1.07 bits per heavy atom. The van der Waals surface area contributed by atoms with Crippen molar-refractivity contribution in [2.75, 3.05) is 6.26 Å². The van der Waals surface area contributed by atoms with E-state index in [0.717, 1.165) is 5.75 Å². The summed E-state index contributed by atoms with van der Waals surface area (Å²) in [4.78, 5) is 0. The Morgan fingerprint density at radius 3 is 1.43 bits per heavy atom. The van der Waals surface area contributed by atoms with Crippen molar-refractivity contribution in [1.29, 1.82) is 0 Å². The molecule has 78 valence electrons. The molecule has 0 aliphatic carbocycles. The van der Waals surface area contributed by atoms with Crippen molar-refractivity contribution in [2.24, 2.45) is 0 Å². The van der Waals surface area contributed by atoms with Crippen LogP contribution >= 0.6 is 11.8 Å². The molecule has 0 fully saturated rings. The molecule has 0 radical (unpaired) electrons. The van der Waals surface area contributed by atoms with E-state index < -0.39 is 0 Å². The minimum Gasteiger partial charge on any atom is -0.161 e. The fraction of sp³-hybridized carbons (Fsp3) is 0.538. The van der Waals surface area contributed by atoms with Crippen LogP contribution in [0.5, 0.6) is 0 Å². The molecule has 0 saturated carbocycles. The Hall–Kier alpha value is -0.430. The van der Waals surface area contributed by atoms with Gasteiger partial charge in [-0.2, -0.15) is 11.8 Å². The summed E-state index contributed by atoms with van der Waals surface area (Å²) < 4.78 is 0. The Morgan fingerprint density at radius 1 is 0.714 bits per heavy atom. The van der Waals surface area contributed by atoms with Gasteiger partial charge < -0.3 is 0 Å². The van der Waals surface area contributed by atoms with Gasteiger partial charge in [0.15, 0.2) is 0 Å². The Kier molecular flexibility index (Phi) is 3.65. The monoisotopic (exact) mass is 208 g/mol. The SMILES string of the molecule is CSCc1c(C)c(C)c(C)c(C)c1C. The van der Waals surface area contributed by atoms with Crippen LogP contribution in [-0.4, -0.2) is 6.26 Å². The van der Waals surface area contributed by atoms with Crippen molar-refractivity contribution in [3.8, 4) is 0 Å². The summed E-state index contributed by atoms with van der Waals surface area (Å²) in [6, 6.07) is 0. The number of thioether (sulfide) groups is 1. The maximum absolute atomic E-state index is 2.25. The zero-order chi connectivity index (χ0) is 10.9. The van der Waals surface area contributed by atoms with Crippen LogP contribution in [0.1, 0.15) is 33.4 Å². The van der Waals surface area contributed by atoms with E-state index in [1.807, 2.05) is 11.8 Å². The van der Waals surface area contributed by atoms with E-state index in [1.165, 1.54) is 33.4 Å². The fourth-order valence-corrected chi connectivity index (χ4v) is 2.66. The molecule has 0 aliphatic rings. The molecule has 0 heterocycles. The second-order valence-corrected chi connectivity index (χ2v) is 4.90. The van der Waals surface area contributed by atoms with Crippen molar-refractivity contribution in [3.05, 3.63) is 33.4 Å². The maximum atomic E-state index is 2.25. The third-order valence-electron chi connectivity index (χ3n) is 3.44. The van der Waals surface area contributed by atoms with Crippen LogP contribution in [0.4, 0.5) is 0 Å². The molecule has 0 spiro atoms. The third-order valence-corrected chi connectivity index (χ3v) is 4.02. The Balaban J connectivity index is 3.43. The maximum Gasteiger partial charge on any atom is 0.0187 e. The molecule has 0 nitrogen and oxygen atoms in total. The zero-order valence-corrected chi connectivity index (χ0v) is 10.9. The lowest BCUT2D eigenvalue weighted by molar-refractivity contribution is 1.12. The lowest BCUT2D eigenvalue weighted by atomic mass is 9.90. The van der Waals surface area contributed by atoms with Crippen LogP contribution < -0.4 is 0 Å². The van der Waals surface area contributed by atoms with E-state index >= 15 is 0 Å². The number of hydrogen-bond donors (Lipinski definition) is 0. The molecule has 1 aromatic rings. The molecule has 0 N–H and O–H groups in total. The van der Waals surface area contributed by atoms with Crippen molar-refractivity contribution in [3.63, 3.8) is 0 Å². The van der Waals surface area contributed by atoms with Crippen LogP contribution in [0, 0.1) is 34.6 Å². The quantitative estimate of drug-likeness (QED) is 0.705. The van der Waals surface area contributed by atoms with Gasteiger partial charge in [0.25, 0.3) is 0 Å². The van der Waals surface area contributed by atoms with Gasteiger partial charge in [-0.15, -0.1) is 0 Å². The van der Waals surface area contributed by atoms with Gasteiger partial charge in [0.1, 0.15) is 0 Å². The normalized spacial score (nSPS) is 10.7. The molecule has 0 aromatic heterocycles. The molecule has 0 amide bonds. The largest absolute Gasteiger partial charge is 0.161 e. The van der Waals surface area contributed by atoms with E-state index in [2.05, 4.69) is 40.9 Å². The Bertz CT molecular complexity index is 322. The van der Waals surface area contributed by atoms with Crippen LogP contribution in [0.2, 0.25) is 0 Å². The molecule has 0 aliphatic heterocycles. The number of benzene rings is 1. The van der Waals surface area contributed by atoms with Gasteiger partial charge >= 0.3 is 0 Å². The molecule has 14 heavy (non-hydrogen) atoms. The lowest BCUT2D eigenvalue weighted by Gasteiger charge is -2.17. The summed E-state index contributed by atoms with van der Waals surface area (Å²) in [6.07, 6.45) is 2.17. The third kappa shape index (κ3) is 1.83. The number of hydrogen-bond acceptors (Lipinski definition) is 1. The second kappa shape index (κ2) is 4.39. The van der Waals surface area contributed by atoms with Crippen molar-refractivity contribution >= 4 is 11.8 Å². The molecule has 1 rings (SSSR count). The van der Waals surface area contributed by atoms with Gasteiger partial charge in [0.2, 0.25) is 0 Å². The molecule has 0 saturated heterocycles. The molecular formula is C13H20S. The van der Waals surface area contributed by atoms with Crippen molar-refractivity contribution in [2.45, 2.75) is 40.4 Å². The highest BCUT2D eigenvalue weighted by atomic mass is 32.2. The minimum atomic E-state index is 1.14. The fourth-order valence-electron chi connectivity index (χ4n) is 1.94. The predicted octanol–water partition coefficient (Wildman–Crippen LogP) is 4.09. The molecule has 1 aromatic carbocycles. The molecule has 0 unspecified atom stereocenters. The highest BCUT2D eigenvalue weighted by Gasteiger charge is 2.10. The van der Waals surface area contributed by atoms with E-state index in [9.17, 15) is 0 Å². The Labute approximate surface area is 92.1 Å². The predicted molar refractivity (Wildman–Crippen MR) is 67.3 cm³/mol. The first-order valence-corrected chi connectivity index (χ1v) is 6.44. The topological polar surface area (TPSA) is 0 Å². The smallest absolute Gasteiger partial charge is 0.0187 e.